The van der Waals surface area contributed by atoms with Gasteiger partial charge >= 0.3 is 0 Å². The molecule has 0 amide bonds. The van der Waals surface area contributed by atoms with Crippen molar-refractivity contribution in [3.63, 3.8) is 0 Å². The van der Waals surface area contributed by atoms with Crippen molar-refractivity contribution in [1.29, 1.82) is 0 Å². The molecule has 0 aromatic carbocycles. The van der Waals surface area contributed by atoms with Gasteiger partial charge in [0.2, 0.25) is 0 Å². The number of rotatable bonds is 0. The third kappa shape index (κ3) is 1.90. The summed E-state index contributed by atoms with van der Waals surface area (Å²) in [5.74, 6) is 0.854. The molecule has 0 saturated carbocycles. The molecule has 0 radical (unpaired) electrons. The highest BCUT2D eigenvalue weighted by molar-refractivity contribution is 9.24. The minimum Gasteiger partial charge on any atom is -0.292 e. The van der Waals surface area contributed by atoms with Crippen molar-refractivity contribution in [1.82, 2.24) is 9.55 Å². The van der Waals surface area contributed by atoms with E-state index in [1.54, 1.807) is 0 Å². The van der Waals surface area contributed by atoms with Crippen molar-refractivity contribution in [3.05, 3.63) is 27.4 Å². The summed E-state index contributed by atoms with van der Waals surface area (Å²) in [5.41, 5.74) is 2.16. The first kappa shape index (κ1) is 12.9. The van der Waals surface area contributed by atoms with Crippen LogP contribution in [0.5, 0.6) is 0 Å². The number of hydrogen-bond donors (Lipinski definition) is 0. The molecule has 0 N–H and O–H groups in total. The van der Waals surface area contributed by atoms with E-state index in [2.05, 4.69) is 38.8 Å². The Morgan fingerprint density at radius 3 is 2.83 bits per heavy atom. The average molecular weight is 376 g/mol. The predicted molar refractivity (Wildman–Crippen MR) is 78.6 cm³/mol. The van der Waals surface area contributed by atoms with E-state index in [0.29, 0.717) is 0 Å². The lowest BCUT2D eigenvalue weighted by atomic mass is 9.95. The first-order valence-electron chi connectivity index (χ1n) is 6.53. The van der Waals surface area contributed by atoms with Crippen molar-refractivity contribution >= 4 is 31.9 Å². The molecule has 98 valence electrons. The SMILES string of the molecule is CC1CCC(Br)(Br)c2nc3c(c(=O)n21)CCCC3. The smallest absolute Gasteiger partial charge is 0.257 e. The summed E-state index contributed by atoms with van der Waals surface area (Å²) in [7, 11) is 0. The Balaban J connectivity index is 2.28. The second-order valence-electron chi connectivity index (χ2n) is 5.34. The zero-order valence-electron chi connectivity index (χ0n) is 10.4. The van der Waals surface area contributed by atoms with Crippen LogP contribution in [-0.4, -0.2) is 9.55 Å². The standard InChI is InChI=1S/C13H16Br2N2O/c1-8-6-7-13(14,15)12-16-10-5-3-2-4-9(10)11(18)17(8)12/h8H,2-7H2,1H3. The number of aromatic nitrogens is 2. The maximum Gasteiger partial charge on any atom is 0.257 e. The second-order valence-corrected chi connectivity index (χ2v) is 9.11. The van der Waals surface area contributed by atoms with Gasteiger partial charge in [-0.3, -0.25) is 9.36 Å². The summed E-state index contributed by atoms with van der Waals surface area (Å²) in [5, 5.41) is 0. The first-order chi connectivity index (χ1) is 8.50. The van der Waals surface area contributed by atoms with E-state index in [-0.39, 0.29) is 14.8 Å². The molecule has 1 aromatic rings. The Morgan fingerprint density at radius 2 is 2.06 bits per heavy atom. The summed E-state index contributed by atoms with van der Waals surface area (Å²) in [6.45, 7) is 2.11. The van der Waals surface area contributed by atoms with E-state index >= 15 is 0 Å². The third-order valence-corrected chi connectivity index (χ3v) is 5.53. The van der Waals surface area contributed by atoms with Crippen molar-refractivity contribution in [3.8, 4) is 0 Å². The van der Waals surface area contributed by atoms with Crippen LogP contribution >= 0.6 is 31.9 Å². The van der Waals surface area contributed by atoms with Gasteiger partial charge in [0.1, 0.15) is 9.06 Å². The van der Waals surface area contributed by atoms with E-state index in [0.717, 1.165) is 55.6 Å². The lowest BCUT2D eigenvalue weighted by molar-refractivity contribution is 0.386. The molecule has 1 aromatic heterocycles. The summed E-state index contributed by atoms with van der Waals surface area (Å²) in [6.07, 6.45) is 6.05. The molecule has 2 heterocycles. The van der Waals surface area contributed by atoms with Crippen LogP contribution in [0.3, 0.4) is 0 Å². The molecular weight excluding hydrogens is 360 g/mol. The number of alkyl halides is 2. The van der Waals surface area contributed by atoms with Gasteiger partial charge in [0.25, 0.3) is 5.56 Å². The quantitative estimate of drug-likeness (QED) is 0.651. The van der Waals surface area contributed by atoms with Gasteiger partial charge in [0, 0.05) is 11.6 Å². The molecule has 0 spiro atoms. The Kier molecular flexibility index (Phi) is 3.17. The predicted octanol–water partition coefficient (Wildman–Crippen LogP) is 3.42. The molecule has 1 aliphatic carbocycles. The van der Waals surface area contributed by atoms with Gasteiger partial charge in [-0.05, 0) is 45.4 Å². The summed E-state index contributed by atoms with van der Waals surface area (Å²) in [4.78, 5) is 17.4. The van der Waals surface area contributed by atoms with E-state index < -0.39 is 0 Å². The highest BCUT2D eigenvalue weighted by atomic mass is 79.9. The van der Waals surface area contributed by atoms with Gasteiger partial charge in [-0.15, -0.1) is 0 Å². The Morgan fingerprint density at radius 1 is 1.33 bits per heavy atom. The third-order valence-electron chi connectivity index (χ3n) is 4.03. The van der Waals surface area contributed by atoms with Gasteiger partial charge in [0.15, 0.2) is 0 Å². The van der Waals surface area contributed by atoms with E-state index in [1.165, 1.54) is 0 Å². The van der Waals surface area contributed by atoms with Crippen LogP contribution in [0.2, 0.25) is 0 Å². The van der Waals surface area contributed by atoms with Crippen LogP contribution in [-0.2, 0) is 16.1 Å². The van der Waals surface area contributed by atoms with Crippen molar-refractivity contribution in [2.45, 2.75) is 54.7 Å². The molecule has 0 fully saturated rings. The summed E-state index contributed by atoms with van der Waals surface area (Å²) in [6, 6.07) is 0.246. The molecule has 2 aliphatic rings. The molecule has 1 aliphatic heterocycles. The molecule has 0 bridgehead atoms. The highest BCUT2D eigenvalue weighted by Gasteiger charge is 2.38. The molecule has 1 atom stereocenters. The zero-order chi connectivity index (χ0) is 12.9. The van der Waals surface area contributed by atoms with E-state index in [4.69, 9.17) is 4.98 Å². The van der Waals surface area contributed by atoms with E-state index in [9.17, 15) is 4.79 Å². The number of hydrogen-bond acceptors (Lipinski definition) is 2. The molecule has 3 rings (SSSR count). The first-order valence-corrected chi connectivity index (χ1v) is 8.12. The van der Waals surface area contributed by atoms with Crippen molar-refractivity contribution in [2.24, 2.45) is 0 Å². The number of fused-ring (bicyclic) bond motifs is 2. The number of aryl methyl sites for hydroxylation is 1. The topological polar surface area (TPSA) is 34.9 Å². The Labute approximate surface area is 123 Å². The minimum absolute atomic E-state index is 0.185. The zero-order valence-corrected chi connectivity index (χ0v) is 13.6. The van der Waals surface area contributed by atoms with Crippen molar-refractivity contribution in [2.75, 3.05) is 0 Å². The van der Waals surface area contributed by atoms with Gasteiger partial charge in [0.05, 0.1) is 5.69 Å². The normalized spacial score (nSPS) is 25.4. The molecular formula is C13H16Br2N2O. The fourth-order valence-corrected chi connectivity index (χ4v) is 3.98. The highest BCUT2D eigenvalue weighted by Crippen LogP contribution is 2.46. The van der Waals surface area contributed by atoms with Gasteiger partial charge in [-0.25, -0.2) is 4.98 Å². The molecule has 3 nitrogen and oxygen atoms in total. The van der Waals surface area contributed by atoms with E-state index in [1.807, 2.05) is 4.57 Å². The molecule has 0 saturated heterocycles. The van der Waals surface area contributed by atoms with Crippen LogP contribution in [0, 0.1) is 0 Å². The molecule has 1 unspecified atom stereocenters. The molecule has 18 heavy (non-hydrogen) atoms. The number of nitrogens with zero attached hydrogens (tertiary/aromatic N) is 2. The minimum atomic E-state index is -0.335. The van der Waals surface area contributed by atoms with Gasteiger partial charge in [-0.2, -0.15) is 0 Å². The average Bonchev–Trinajstić information content (AvgIpc) is 2.35. The fourth-order valence-electron chi connectivity index (χ4n) is 2.96. The van der Waals surface area contributed by atoms with Crippen LogP contribution in [0.15, 0.2) is 4.79 Å². The number of halogens is 2. The lowest BCUT2D eigenvalue weighted by Gasteiger charge is -2.34. The monoisotopic (exact) mass is 374 g/mol. The van der Waals surface area contributed by atoms with Crippen molar-refractivity contribution < 1.29 is 0 Å². The maximum absolute atomic E-state index is 12.6. The van der Waals surface area contributed by atoms with Crippen LogP contribution in [0.4, 0.5) is 0 Å². The van der Waals surface area contributed by atoms with Crippen LogP contribution in [0.1, 0.15) is 55.7 Å². The largest absolute Gasteiger partial charge is 0.292 e. The van der Waals surface area contributed by atoms with Crippen LogP contribution < -0.4 is 5.56 Å². The molecule has 5 heteroatoms. The Hall–Kier alpha value is -0.160. The van der Waals surface area contributed by atoms with Crippen LogP contribution in [0.25, 0.3) is 0 Å². The Bertz CT molecular complexity index is 551. The van der Waals surface area contributed by atoms with Gasteiger partial charge in [-0.1, -0.05) is 31.9 Å². The van der Waals surface area contributed by atoms with Gasteiger partial charge < -0.3 is 0 Å². The lowest BCUT2D eigenvalue weighted by Crippen LogP contribution is -2.39. The fraction of sp³-hybridized carbons (Fsp3) is 0.692. The second kappa shape index (κ2) is 4.44. The summed E-state index contributed by atoms with van der Waals surface area (Å²) >= 11 is 7.35. The maximum atomic E-state index is 12.6. The summed E-state index contributed by atoms with van der Waals surface area (Å²) < 4.78 is 1.55.